The van der Waals surface area contributed by atoms with Crippen LogP contribution in [0.3, 0.4) is 0 Å². The Bertz CT molecular complexity index is 1070. The van der Waals surface area contributed by atoms with E-state index in [1.807, 2.05) is 31.2 Å². The summed E-state index contributed by atoms with van der Waals surface area (Å²) < 4.78 is 18.6. The van der Waals surface area contributed by atoms with Gasteiger partial charge in [-0.15, -0.1) is 0 Å². The van der Waals surface area contributed by atoms with Crippen LogP contribution in [0.5, 0.6) is 0 Å². The van der Waals surface area contributed by atoms with Gasteiger partial charge < -0.3 is 14.7 Å². The molecule has 0 spiro atoms. The third-order valence-electron chi connectivity index (χ3n) is 5.35. The fourth-order valence-corrected chi connectivity index (χ4v) is 3.63. The van der Waals surface area contributed by atoms with E-state index >= 15 is 0 Å². The highest BCUT2D eigenvalue weighted by atomic mass is 19.1. The molecule has 1 aliphatic heterocycles. The van der Waals surface area contributed by atoms with Crippen LogP contribution in [-0.4, -0.2) is 41.0 Å². The number of piperidine rings is 1. The molecule has 0 saturated carbocycles. The van der Waals surface area contributed by atoms with Gasteiger partial charge in [-0.3, -0.25) is 9.59 Å². The van der Waals surface area contributed by atoms with Gasteiger partial charge in [0.1, 0.15) is 11.5 Å². The Morgan fingerprint density at radius 1 is 1.10 bits per heavy atom. The topological polar surface area (TPSA) is 75.4 Å². The van der Waals surface area contributed by atoms with Gasteiger partial charge in [-0.1, -0.05) is 35.5 Å². The summed E-state index contributed by atoms with van der Waals surface area (Å²) in [7, 11) is 0. The molecule has 1 aliphatic rings. The van der Waals surface area contributed by atoms with Crippen LogP contribution in [0.2, 0.25) is 0 Å². The Morgan fingerprint density at radius 2 is 1.87 bits per heavy atom. The summed E-state index contributed by atoms with van der Waals surface area (Å²) in [6, 6.07) is 15.0. The van der Waals surface area contributed by atoms with Gasteiger partial charge in [0.2, 0.25) is 5.76 Å². The van der Waals surface area contributed by atoms with Crippen molar-refractivity contribution in [3.63, 3.8) is 0 Å². The number of nitrogens with one attached hydrogen (secondary N) is 1. The first-order chi connectivity index (χ1) is 14.5. The third-order valence-corrected chi connectivity index (χ3v) is 5.35. The number of nitrogens with zero attached hydrogens (tertiary/aromatic N) is 2. The van der Waals surface area contributed by atoms with E-state index in [9.17, 15) is 14.0 Å². The quantitative estimate of drug-likeness (QED) is 0.713. The summed E-state index contributed by atoms with van der Waals surface area (Å²) >= 11 is 0. The number of benzene rings is 2. The zero-order chi connectivity index (χ0) is 21.1. The third kappa shape index (κ3) is 4.25. The van der Waals surface area contributed by atoms with Crippen molar-refractivity contribution in [1.82, 2.24) is 15.4 Å². The molecule has 4 rings (SSSR count). The molecule has 0 atom stereocenters. The molecule has 2 amide bonds. The molecule has 3 aromatic rings. The molecule has 1 aromatic heterocycles. The molecule has 1 N–H and O–H groups in total. The van der Waals surface area contributed by atoms with Crippen molar-refractivity contribution in [1.29, 1.82) is 0 Å². The average Bonchev–Trinajstić information content (AvgIpc) is 3.24. The van der Waals surface area contributed by atoms with Crippen LogP contribution in [0.4, 0.5) is 4.39 Å². The lowest BCUT2D eigenvalue weighted by Crippen LogP contribution is -2.46. The zero-order valence-corrected chi connectivity index (χ0v) is 16.6. The largest absolute Gasteiger partial charge is 0.350 e. The average molecular weight is 407 g/mol. The minimum Gasteiger partial charge on any atom is -0.350 e. The molecule has 1 saturated heterocycles. The second-order valence-electron chi connectivity index (χ2n) is 7.44. The van der Waals surface area contributed by atoms with Gasteiger partial charge in [-0.2, -0.15) is 0 Å². The molecular formula is C23H22FN3O3. The van der Waals surface area contributed by atoms with Crippen molar-refractivity contribution in [2.24, 2.45) is 0 Å². The minimum atomic E-state index is -0.377. The van der Waals surface area contributed by atoms with Crippen LogP contribution >= 0.6 is 0 Å². The molecule has 154 valence electrons. The van der Waals surface area contributed by atoms with Gasteiger partial charge in [0.25, 0.3) is 11.8 Å². The van der Waals surface area contributed by atoms with Gasteiger partial charge in [-0.05, 0) is 43.5 Å². The number of aromatic nitrogens is 1. The summed E-state index contributed by atoms with van der Waals surface area (Å²) in [6.07, 6.45) is 1.32. The maximum Gasteiger partial charge on any atom is 0.292 e. The van der Waals surface area contributed by atoms with Crippen LogP contribution in [0.1, 0.15) is 39.3 Å². The van der Waals surface area contributed by atoms with E-state index in [1.165, 1.54) is 18.2 Å². The summed E-state index contributed by atoms with van der Waals surface area (Å²) in [4.78, 5) is 26.9. The lowest BCUT2D eigenvalue weighted by molar-refractivity contribution is 0.0658. The smallest absolute Gasteiger partial charge is 0.292 e. The van der Waals surface area contributed by atoms with Gasteiger partial charge in [0.15, 0.2) is 0 Å². The first kappa shape index (κ1) is 19.8. The fraction of sp³-hybridized carbons (Fsp3) is 0.261. The van der Waals surface area contributed by atoms with Gasteiger partial charge in [-0.25, -0.2) is 4.39 Å². The molecule has 0 radical (unpaired) electrons. The SMILES string of the molecule is Cc1ccccc1C(=O)NC1CCN(C(=O)c2cc(-c3cccc(F)c3)no2)CC1. The van der Waals surface area contributed by atoms with Crippen molar-refractivity contribution in [2.75, 3.05) is 13.1 Å². The molecular weight excluding hydrogens is 385 g/mol. The number of likely N-dealkylation sites (tertiary alicyclic amines) is 1. The highest BCUT2D eigenvalue weighted by Gasteiger charge is 2.27. The van der Waals surface area contributed by atoms with Gasteiger partial charge in [0.05, 0.1) is 0 Å². The predicted octanol–water partition coefficient (Wildman–Crippen LogP) is 3.82. The van der Waals surface area contributed by atoms with E-state index in [-0.39, 0.29) is 29.4 Å². The monoisotopic (exact) mass is 407 g/mol. The van der Waals surface area contributed by atoms with Crippen molar-refractivity contribution >= 4 is 11.8 Å². The standard InChI is InChI=1S/C23H22FN3O3/c1-15-5-2-3-8-19(15)22(28)25-18-9-11-27(12-10-18)23(29)21-14-20(26-30-21)16-6-4-7-17(24)13-16/h2-8,13-14,18H,9-12H2,1H3,(H,25,28). The Morgan fingerprint density at radius 3 is 2.60 bits per heavy atom. The van der Waals surface area contributed by atoms with E-state index in [0.29, 0.717) is 42.8 Å². The highest BCUT2D eigenvalue weighted by Crippen LogP contribution is 2.22. The number of halogens is 1. The normalized spacial score (nSPS) is 14.5. The van der Waals surface area contributed by atoms with Crippen LogP contribution in [0, 0.1) is 12.7 Å². The number of carbonyl (C=O) groups is 2. The van der Waals surface area contributed by atoms with Crippen molar-refractivity contribution < 1.29 is 18.5 Å². The Hall–Kier alpha value is -3.48. The second kappa shape index (κ2) is 8.49. The molecule has 2 heterocycles. The molecule has 0 unspecified atom stereocenters. The van der Waals surface area contributed by atoms with Gasteiger partial charge >= 0.3 is 0 Å². The van der Waals surface area contributed by atoms with Crippen LogP contribution in [-0.2, 0) is 0 Å². The van der Waals surface area contributed by atoms with E-state index in [1.54, 1.807) is 17.0 Å². The Balaban J connectivity index is 1.35. The summed E-state index contributed by atoms with van der Waals surface area (Å²) in [6.45, 7) is 2.92. The molecule has 0 bridgehead atoms. The first-order valence-electron chi connectivity index (χ1n) is 9.89. The maximum absolute atomic E-state index is 13.4. The number of rotatable bonds is 4. The highest BCUT2D eigenvalue weighted by molar-refractivity contribution is 5.96. The van der Waals surface area contributed by atoms with E-state index in [0.717, 1.165) is 5.56 Å². The van der Waals surface area contributed by atoms with Crippen molar-refractivity contribution in [3.8, 4) is 11.3 Å². The lowest BCUT2D eigenvalue weighted by Gasteiger charge is -2.31. The van der Waals surface area contributed by atoms with Crippen LogP contribution in [0.25, 0.3) is 11.3 Å². The maximum atomic E-state index is 13.4. The molecule has 0 aliphatic carbocycles. The number of hydrogen-bond donors (Lipinski definition) is 1. The summed E-state index contributed by atoms with van der Waals surface area (Å²) in [5, 5.41) is 6.95. The molecule has 1 fully saturated rings. The summed E-state index contributed by atoms with van der Waals surface area (Å²) in [5.41, 5.74) is 2.57. The van der Waals surface area contributed by atoms with Crippen molar-refractivity contribution in [3.05, 3.63) is 77.3 Å². The Kier molecular flexibility index (Phi) is 5.61. The Labute approximate surface area is 173 Å². The second-order valence-corrected chi connectivity index (χ2v) is 7.44. The van der Waals surface area contributed by atoms with E-state index in [4.69, 9.17) is 4.52 Å². The predicted molar refractivity (Wildman–Crippen MR) is 109 cm³/mol. The molecule has 6 nitrogen and oxygen atoms in total. The number of amides is 2. The fourth-order valence-electron chi connectivity index (χ4n) is 3.63. The van der Waals surface area contributed by atoms with E-state index < -0.39 is 0 Å². The molecule has 30 heavy (non-hydrogen) atoms. The minimum absolute atomic E-state index is 0.0127. The van der Waals surface area contributed by atoms with Crippen molar-refractivity contribution in [2.45, 2.75) is 25.8 Å². The van der Waals surface area contributed by atoms with Gasteiger partial charge in [0, 0.05) is 36.3 Å². The van der Waals surface area contributed by atoms with E-state index in [2.05, 4.69) is 10.5 Å². The van der Waals surface area contributed by atoms with Crippen LogP contribution < -0.4 is 5.32 Å². The first-order valence-corrected chi connectivity index (χ1v) is 9.89. The number of hydrogen-bond acceptors (Lipinski definition) is 4. The molecule has 7 heteroatoms. The zero-order valence-electron chi connectivity index (χ0n) is 16.6. The number of aryl methyl sites for hydroxylation is 1. The lowest BCUT2D eigenvalue weighted by atomic mass is 10.0. The number of carbonyl (C=O) groups excluding carboxylic acids is 2. The summed E-state index contributed by atoms with van der Waals surface area (Å²) in [5.74, 6) is -0.600. The van der Waals surface area contributed by atoms with Crippen LogP contribution in [0.15, 0.2) is 59.1 Å². The molecule has 2 aromatic carbocycles.